The number of hydrogen-bond donors (Lipinski definition) is 0. The summed E-state index contributed by atoms with van der Waals surface area (Å²) in [6.07, 6.45) is -4.07. The van der Waals surface area contributed by atoms with Crippen molar-refractivity contribution < 1.29 is 26.7 Å². The molecule has 1 aromatic heterocycles. The summed E-state index contributed by atoms with van der Waals surface area (Å²) < 4.78 is 67.6. The Hall–Kier alpha value is -1.60. The summed E-state index contributed by atoms with van der Waals surface area (Å²) in [5.74, 6) is -2.92. The molecular weight excluding hydrogens is 271 g/mol. The van der Waals surface area contributed by atoms with Crippen LogP contribution in [-0.2, 0) is 0 Å². The number of anilines is 1. The third kappa shape index (κ3) is 3.05. The highest BCUT2D eigenvalue weighted by molar-refractivity contribution is 5.59. The van der Waals surface area contributed by atoms with E-state index in [2.05, 4.69) is 4.98 Å². The van der Waals surface area contributed by atoms with Crippen molar-refractivity contribution in [3.05, 3.63) is 18.5 Å². The molecule has 0 N–H and O–H groups in total. The van der Waals surface area contributed by atoms with Crippen LogP contribution in [0.15, 0.2) is 18.5 Å². The highest BCUT2D eigenvalue weighted by atomic mass is 19.4. The predicted molar refractivity (Wildman–Crippen MR) is 57.5 cm³/mol. The average molecular weight is 282 g/mol. The highest BCUT2D eigenvalue weighted by Crippen LogP contribution is 2.38. The van der Waals surface area contributed by atoms with Crippen LogP contribution in [0.5, 0.6) is 5.75 Å². The second-order valence-electron chi connectivity index (χ2n) is 4.36. The molecule has 3 nitrogen and oxygen atoms in total. The lowest BCUT2D eigenvalue weighted by atomic mass is 10.1. The zero-order valence-corrected chi connectivity index (χ0v) is 9.92. The van der Waals surface area contributed by atoms with Gasteiger partial charge in [0.1, 0.15) is 5.75 Å². The first kappa shape index (κ1) is 13.8. The SMILES string of the molecule is C[C@H](Oc1ccncc1N1CC(F)(F)C1)C(F)(F)F. The van der Waals surface area contributed by atoms with Crippen molar-refractivity contribution in [1.29, 1.82) is 0 Å². The molecule has 0 spiro atoms. The monoisotopic (exact) mass is 282 g/mol. The second kappa shape index (κ2) is 4.50. The van der Waals surface area contributed by atoms with Gasteiger partial charge in [-0.1, -0.05) is 0 Å². The molecule has 0 radical (unpaired) electrons. The van der Waals surface area contributed by atoms with Gasteiger partial charge in [0.05, 0.1) is 25.0 Å². The fourth-order valence-electron chi connectivity index (χ4n) is 1.65. The van der Waals surface area contributed by atoms with Gasteiger partial charge in [0, 0.05) is 12.3 Å². The van der Waals surface area contributed by atoms with Crippen molar-refractivity contribution in [3.8, 4) is 5.75 Å². The minimum absolute atomic E-state index is 0.102. The Morgan fingerprint density at radius 3 is 2.53 bits per heavy atom. The molecule has 2 heterocycles. The van der Waals surface area contributed by atoms with Crippen LogP contribution in [0.1, 0.15) is 6.92 Å². The van der Waals surface area contributed by atoms with Gasteiger partial charge >= 0.3 is 6.18 Å². The summed E-state index contributed by atoms with van der Waals surface area (Å²) in [7, 11) is 0. The minimum atomic E-state index is -4.51. The lowest BCUT2D eigenvalue weighted by molar-refractivity contribution is -0.189. The molecule has 1 aromatic rings. The van der Waals surface area contributed by atoms with Crippen molar-refractivity contribution in [1.82, 2.24) is 4.98 Å². The van der Waals surface area contributed by atoms with Crippen LogP contribution in [0.4, 0.5) is 27.6 Å². The number of ether oxygens (including phenoxy) is 1. The van der Waals surface area contributed by atoms with Crippen LogP contribution in [0.3, 0.4) is 0 Å². The molecule has 1 atom stereocenters. The van der Waals surface area contributed by atoms with Gasteiger partial charge in [-0.25, -0.2) is 8.78 Å². The van der Waals surface area contributed by atoms with Gasteiger partial charge in [0.15, 0.2) is 6.10 Å². The molecule has 8 heteroatoms. The van der Waals surface area contributed by atoms with Gasteiger partial charge in [-0.3, -0.25) is 4.98 Å². The van der Waals surface area contributed by atoms with E-state index in [4.69, 9.17) is 4.74 Å². The quantitative estimate of drug-likeness (QED) is 0.797. The summed E-state index contributed by atoms with van der Waals surface area (Å²) >= 11 is 0. The number of halogens is 5. The molecule has 0 amide bonds. The van der Waals surface area contributed by atoms with Gasteiger partial charge in [-0.2, -0.15) is 13.2 Å². The van der Waals surface area contributed by atoms with Crippen molar-refractivity contribution in [2.24, 2.45) is 0 Å². The molecule has 106 valence electrons. The lowest BCUT2D eigenvalue weighted by Crippen LogP contribution is -2.56. The average Bonchev–Trinajstić information content (AvgIpc) is 2.25. The number of nitrogens with zero attached hydrogens (tertiary/aromatic N) is 2. The van der Waals surface area contributed by atoms with Crippen LogP contribution < -0.4 is 9.64 Å². The Morgan fingerprint density at radius 2 is 2.00 bits per heavy atom. The fraction of sp³-hybridized carbons (Fsp3) is 0.545. The standard InChI is InChI=1S/C11H11F5N2O/c1-7(11(14,15)16)19-9-2-3-17-4-8(9)18-5-10(12,13)6-18/h2-4,7H,5-6H2,1H3/t7-/m0/s1. The largest absolute Gasteiger partial charge is 0.479 e. The maximum atomic E-state index is 12.8. The van der Waals surface area contributed by atoms with E-state index < -0.39 is 31.3 Å². The van der Waals surface area contributed by atoms with E-state index in [-0.39, 0.29) is 11.4 Å². The number of alkyl halides is 5. The Kier molecular flexibility index (Phi) is 3.27. The molecule has 0 unspecified atom stereocenters. The van der Waals surface area contributed by atoms with E-state index in [1.54, 1.807) is 0 Å². The van der Waals surface area contributed by atoms with Crippen LogP contribution in [0.25, 0.3) is 0 Å². The number of hydrogen-bond acceptors (Lipinski definition) is 3. The highest BCUT2D eigenvalue weighted by Gasteiger charge is 2.45. The third-order valence-electron chi connectivity index (χ3n) is 2.71. The predicted octanol–water partition coefficient (Wildman–Crippen LogP) is 2.87. The molecule has 2 rings (SSSR count). The van der Waals surface area contributed by atoms with Gasteiger partial charge in [0.2, 0.25) is 0 Å². The molecule has 0 bridgehead atoms. The van der Waals surface area contributed by atoms with E-state index in [1.165, 1.54) is 23.4 Å². The Labute approximate surface area is 106 Å². The van der Waals surface area contributed by atoms with E-state index >= 15 is 0 Å². The van der Waals surface area contributed by atoms with Crippen LogP contribution in [-0.4, -0.2) is 36.3 Å². The first-order valence-corrected chi connectivity index (χ1v) is 5.49. The van der Waals surface area contributed by atoms with E-state index in [0.717, 1.165) is 6.92 Å². The molecule has 1 saturated heterocycles. The topological polar surface area (TPSA) is 25.4 Å². The molecule has 1 aliphatic heterocycles. The Balaban J connectivity index is 2.14. The van der Waals surface area contributed by atoms with E-state index in [0.29, 0.717) is 0 Å². The molecule has 0 aromatic carbocycles. The number of pyridine rings is 1. The normalized spacial score (nSPS) is 19.8. The number of rotatable bonds is 3. The smallest absolute Gasteiger partial charge is 0.425 e. The first-order chi connectivity index (χ1) is 8.69. The van der Waals surface area contributed by atoms with Gasteiger partial charge < -0.3 is 9.64 Å². The van der Waals surface area contributed by atoms with Crippen LogP contribution >= 0.6 is 0 Å². The number of aromatic nitrogens is 1. The maximum Gasteiger partial charge on any atom is 0.425 e. The first-order valence-electron chi connectivity index (χ1n) is 5.49. The van der Waals surface area contributed by atoms with E-state index in [9.17, 15) is 22.0 Å². The molecule has 0 aliphatic carbocycles. The van der Waals surface area contributed by atoms with Crippen molar-refractivity contribution in [2.75, 3.05) is 18.0 Å². The third-order valence-corrected chi connectivity index (χ3v) is 2.71. The Bertz CT molecular complexity index is 455. The lowest BCUT2D eigenvalue weighted by Gasteiger charge is -2.40. The second-order valence-corrected chi connectivity index (χ2v) is 4.36. The van der Waals surface area contributed by atoms with Crippen molar-refractivity contribution in [3.63, 3.8) is 0 Å². The van der Waals surface area contributed by atoms with Crippen molar-refractivity contribution in [2.45, 2.75) is 25.1 Å². The zero-order valence-electron chi connectivity index (χ0n) is 9.92. The van der Waals surface area contributed by atoms with Crippen LogP contribution in [0, 0.1) is 0 Å². The van der Waals surface area contributed by atoms with Crippen molar-refractivity contribution >= 4 is 5.69 Å². The fourth-order valence-corrected chi connectivity index (χ4v) is 1.65. The molecule has 1 aliphatic rings. The van der Waals surface area contributed by atoms with Gasteiger partial charge in [-0.15, -0.1) is 0 Å². The van der Waals surface area contributed by atoms with Gasteiger partial charge in [0.25, 0.3) is 5.92 Å². The summed E-state index contributed by atoms with van der Waals surface area (Å²) in [6, 6.07) is 1.23. The zero-order chi connectivity index (χ0) is 14.3. The summed E-state index contributed by atoms with van der Waals surface area (Å²) in [5, 5.41) is 0. The van der Waals surface area contributed by atoms with Gasteiger partial charge in [-0.05, 0) is 6.92 Å². The summed E-state index contributed by atoms with van der Waals surface area (Å²) in [4.78, 5) is 4.95. The van der Waals surface area contributed by atoms with Crippen LogP contribution in [0.2, 0.25) is 0 Å². The molecule has 1 fully saturated rings. The summed E-state index contributed by atoms with van der Waals surface area (Å²) in [5.41, 5.74) is 0.143. The molecule has 19 heavy (non-hydrogen) atoms. The van der Waals surface area contributed by atoms with E-state index in [1.807, 2.05) is 0 Å². The maximum absolute atomic E-state index is 12.8. The minimum Gasteiger partial charge on any atom is -0.479 e. The Morgan fingerprint density at radius 1 is 1.37 bits per heavy atom. The molecular formula is C11H11F5N2O. The molecule has 0 saturated carbocycles. The summed E-state index contributed by atoms with van der Waals surface area (Å²) in [6.45, 7) is -0.236.